The van der Waals surface area contributed by atoms with E-state index in [-0.39, 0.29) is 13.3 Å². The number of carbonyl (C=O) groups excluding carboxylic acids is 1. The molecule has 39 heavy (non-hydrogen) atoms. The molecule has 0 radical (unpaired) electrons. The van der Waals surface area contributed by atoms with Crippen molar-refractivity contribution >= 4 is 28.1 Å². The molecule has 2 aromatic rings. The number of nitrogens with zero attached hydrogens (tertiary/aromatic N) is 2. The molecule has 2 aromatic heterocycles. The van der Waals surface area contributed by atoms with E-state index in [1.54, 1.807) is 13.3 Å². The maximum atomic E-state index is 12.4. The zero-order valence-corrected chi connectivity index (χ0v) is 24.9. The van der Waals surface area contributed by atoms with Gasteiger partial charge in [0.05, 0.1) is 24.3 Å². The lowest BCUT2D eigenvalue weighted by Crippen LogP contribution is -2.49. The van der Waals surface area contributed by atoms with Gasteiger partial charge in [-0.2, -0.15) is 0 Å². The Morgan fingerprint density at radius 3 is 2.18 bits per heavy atom. The highest BCUT2D eigenvalue weighted by Crippen LogP contribution is 2.29. The van der Waals surface area contributed by atoms with Crippen molar-refractivity contribution in [1.29, 1.82) is 0 Å². The van der Waals surface area contributed by atoms with Gasteiger partial charge in [0.25, 0.3) is 0 Å². The van der Waals surface area contributed by atoms with Gasteiger partial charge in [-0.3, -0.25) is 9.78 Å². The van der Waals surface area contributed by atoms with Crippen LogP contribution in [0.3, 0.4) is 0 Å². The van der Waals surface area contributed by atoms with Gasteiger partial charge in [0.2, 0.25) is 5.91 Å². The lowest BCUT2D eigenvalue weighted by molar-refractivity contribution is -0.151. The number of unbranched alkanes of at least 4 members (excludes halogenated alkanes) is 2. The number of hydrogen-bond donors (Lipinski definition) is 1. The molecule has 1 aliphatic heterocycles. The summed E-state index contributed by atoms with van der Waals surface area (Å²) >= 11 is 0. The van der Waals surface area contributed by atoms with Crippen LogP contribution >= 0.6 is 0 Å². The number of anilines is 1. The van der Waals surface area contributed by atoms with Crippen molar-refractivity contribution in [2.45, 2.75) is 88.0 Å². The first-order chi connectivity index (χ1) is 18.2. The number of pyridine rings is 2. The molecule has 0 saturated carbocycles. The number of rotatable bonds is 10. The second-order valence-corrected chi connectivity index (χ2v) is 9.86. The fourth-order valence-corrected chi connectivity index (χ4v) is 3.50. The molecular formula is C33H53N3O3. The Bertz CT molecular complexity index is 1080. The van der Waals surface area contributed by atoms with E-state index < -0.39 is 5.41 Å². The topological polar surface area (TPSA) is 73.3 Å². The lowest BCUT2D eigenvalue weighted by atomic mass is 9.87. The van der Waals surface area contributed by atoms with Crippen molar-refractivity contribution in [1.82, 2.24) is 9.97 Å². The lowest BCUT2D eigenvalue weighted by Gasteiger charge is -2.36. The summed E-state index contributed by atoms with van der Waals surface area (Å²) in [5.74, 6) is 0.468. The molecule has 0 aromatic carbocycles. The van der Waals surface area contributed by atoms with Crippen molar-refractivity contribution in [3.63, 3.8) is 0 Å². The molecule has 1 fully saturated rings. The quantitative estimate of drug-likeness (QED) is 0.305. The Labute approximate surface area is 238 Å². The van der Waals surface area contributed by atoms with Crippen molar-refractivity contribution < 1.29 is 14.3 Å². The van der Waals surface area contributed by atoms with Crippen LogP contribution in [0.2, 0.25) is 0 Å². The van der Waals surface area contributed by atoms with E-state index >= 15 is 0 Å². The zero-order chi connectivity index (χ0) is 28.6. The minimum Gasteiger partial charge on any atom is -0.385 e. The van der Waals surface area contributed by atoms with Gasteiger partial charge in [0.1, 0.15) is 5.82 Å². The van der Waals surface area contributed by atoms with E-state index in [0.29, 0.717) is 19.0 Å². The monoisotopic (exact) mass is 539 g/mol. The van der Waals surface area contributed by atoms with Crippen LogP contribution in [0.4, 0.5) is 5.82 Å². The standard InChI is InChI=1S/C25H31N3O2.C4H10.C3H8O.CH4/c1-6-8-9-17(3)10-18(4)21(7-2)22-11-19-14-27-23(12-20(19)13-26-22)28-24(29)25(5)15-30-16-25;2*1-3-4-2;/h7,10-14H,3,6,8-9,15-16H2,1-2,4-5H3,(H,27,28,29);3-4H2,1-2H3;3H2,1-2H3;1H4/b18-10-,21-7+;;;. The largest absolute Gasteiger partial charge is 0.385 e. The highest BCUT2D eigenvalue weighted by atomic mass is 16.5. The first-order valence-electron chi connectivity index (χ1n) is 13.9. The smallest absolute Gasteiger partial charge is 0.236 e. The van der Waals surface area contributed by atoms with Crippen LogP contribution in [-0.4, -0.2) is 42.8 Å². The SMILES string of the molecule is C.C=C(/C=C(C)\C(=C/C)c1cc2cnc(NC(=O)C3(C)COC3)cc2cn1)CCCC.CCCC.CCOC. The number of amides is 1. The molecular weight excluding hydrogens is 486 g/mol. The number of methoxy groups -OCH3 is 1. The van der Waals surface area contributed by atoms with Gasteiger partial charge in [-0.05, 0) is 63.8 Å². The number of aromatic nitrogens is 2. The third-order valence-electron chi connectivity index (χ3n) is 6.28. The predicted molar refractivity (Wildman–Crippen MR) is 168 cm³/mol. The van der Waals surface area contributed by atoms with E-state index in [1.807, 2.05) is 39.1 Å². The first-order valence-corrected chi connectivity index (χ1v) is 13.9. The number of hydrogen-bond acceptors (Lipinski definition) is 5. The average Bonchev–Trinajstić information content (AvgIpc) is 2.91. The van der Waals surface area contributed by atoms with Crippen LogP contribution in [0.25, 0.3) is 16.3 Å². The third-order valence-corrected chi connectivity index (χ3v) is 6.28. The Morgan fingerprint density at radius 1 is 1.10 bits per heavy atom. The molecule has 1 saturated heterocycles. The van der Waals surface area contributed by atoms with Crippen LogP contribution in [0.1, 0.15) is 93.7 Å². The predicted octanol–water partition coefficient (Wildman–Crippen LogP) is 8.80. The minimum absolute atomic E-state index is 0. The van der Waals surface area contributed by atoms with Gasteiger partial charge in [0, 0.05) is 36.9 Å². The molecule has 6 nitrogen and oxygen atoms in total. The normalized spacial score (nSPS) is 14.1. The maximum Gasteiger partial charge on any atom is 0.236 e. The van der Waals surface area contributed by atoms with Crippen molar-refractivity contribution in [2.75, 3.05) is 32.2 Å². The van der Waals surface area contributed by atoms with Gasteiger partial charge in [-0.25, -0.2) is 4.98 Å². The summed E-state index contributed by atoms with van der Waals surface area (Å²) in [6.45, 7) is 20.4. The summed E-state index contributed by atoms with van der Waals surface area (Å²) in [6.07, 6.45) is 13.8. The van der Waals surface area contributed by atoms with Gasteiger partial charge in [-0.1, -0.05) is 71.8 Å². The molecule has 3 rings (SSSR count). The molecule has 0 unspecified atom stereocenters. The fourth-order valence-electron chi connectivity index (χ4n) is 3.50. The molecule has 0 bridgehead atoms. The molecule has 0 aliphatic carbocycles. The number of carbonyl (C=O) groups is 1. The van der Waals surface area contributed by atoms with Crippen LogP contribution in [0, 0.1) is 5.41 Å². The molecule has 1 N–H and O–H groups in total. The summed E-state index contributed by atoms with van der Waals surface area (Å²) in [7, 11) is 1.68. The Hall–Kier alpha value is -2.83. The molecule has 0 atom stereocenters. The second kappa shape index (κ2) is 19.3. The molecule has 6 heteroatoms. The van der Waals surface area contributed by atoms with Crippen molar-refractivity contribution in [3.05, 3.63) is 60.1 Å². The van der Waals surface area contributed by atoms with Crippen LogP contribution in [0.15, 0.2) is 54.4 Å². The summed E-state index contributed by atoms with van der Waals surface area (Å²) in [4.78, 5) is 21.5. The van der Waals surface area contributed by atoms with Crippen molar-refractivity contribution in [2.24, 2.45) is 5.41 Å². The van der Waals surface area contributed by atoms with Crippen molar-refractivity contribution in [3.8, 4) is 0 Å². The summed E-state index contributed by atoms with van der Waals surface area (Å²) < 4.78 is 9.71. The van der Waals surface area contributed by atoms with E-state index in [4.69, 9.17) is 4.74 Å². The number of ether oxygens (including phenoxy) is 2. The van der Waals surface area contributed by atoms with E-state index in [0.717, 1.165) is 59.1 Å². The molecule has 0 spiro atoms. The first kappa shape index (κ1) is 36.2. The number of allylic oxidation sites excluding steroid dienone is 5. The number of fused-ring (bicyclic) bond motifs is 1. The molecule has 1 amide bonds. The van der Waals surface area contributed by atoms with Crippen LogP contribution < -0.4 is 5.32 Å². The van der Waals surface area contributed by atoms with Crippen LogP contribution in [-0.2, 0) is 14.3 Å². The average molecular weight is 540 g/mol. The van der Waals surface area contributed by atoms with Gasteiger partial charge >= 0.3 is 0 Å². The fraction of sp³-hybridized carbons (Fsp3) is 0.545. The van der Waals surface area contributed by atoms with Crippen LogP contribution in [0.5, 0.6) is 0 Å². The second-order valence-electron chi connectivity index (χ2n) is 9.86. The minimum atomic E-state index is -0.468. The summed E-state index contributed by atoms with van der Waals surface area (Å²) in [5, 5.41) is 4.81. The zero-order valence-electron chi connectivity index (χ0n) is 24.9. The Kier molecular flexibility index (Phi) is 17.9. The Balaban J connectivity index is 0.00000142. The highest BCUT2D eigenvalue weighted by molar-refractivity contribution is 5.97. The summed E-state index contributed by atoms with van der Waals surface area (Å²) in [6, 6.07) is 3.90. The van der Waals surface area contributed by atoms with E-state index in [2.05, 4.69) is 66.4 Å². The Morgan fingerprint density at radius 2 is 1.69 bits per heavy atom. The molecule has 3 heterocycles. The maximum absolute atomic E-state index is 12.4. The van der Waals surface area contributed by atoms with E-state index in [9.17, 15) is 4.79 Å². The summed E-state index contributed by atoms with van der Waals surface area (Å²) in [5.41, 5.74) is 3.81. The third kappa shape index (κ3) is 11.8. The molecule has 218 valence electrons. The van der Waals surface area contributed by atoms with E-state index in [1.165, 1.54) is 12.8 Å². The highest BCUT2D eigenvalue weighted by Gasteiger charge is 2.41. The number of nitrogens with one attached hydrogen (secondary N) is 1. The van der Waals surface area contributed by atoms with Gasteiger partial charge in [-0.15, -0.1) is 0 Å². The molecule has 1 aliphatic rings. The van der Waals surface area contributed by atoms with Gasteiger partial charge < -0.3 is 14.8 Å². The van der Waals surface area contributed by atoms with Gasteiger partial charge in [0.15, 0.2) is 0 Å².